The Balaban J connectivity index is 0.000000740. The van der Waals surface area contributed by atoms with Crippen LogP contribution >= 0.6 is 141 Å². The Labute approximate surface area is 356 Å². The molecular formula is C20H18B2FeN16S12. The summed E-state index contributed by atoms with van der Waals surface area (Å²) in [5.41, 5.74) is 10.0. The van der Waals surface area contributed by atoms with Gasteiger partial charge in [0.15, 0.2) is 0 Å². The molecule has 6 heterocycles. The summed E-state index contributed by atoms with van der Waals surface area (Å²) < 4.78 is 13.4. The Morgan fingerprint density at radius 1 is 0.412 bits per heavy atom. The van der Waals surface area contributed by atoms with Gasteiger partial charge in [0.2, 0.25) is 0 Å². The van der Waals surface area contributed by atoms with Crippen LogP contribution in [0.4, 0.5) is 0 Å². The molecule has 0 aliphatic heterocycles. The van der Waals surface area contributed by atoms with Gasteiger partial charge in [-0.1, -0.05) is 141 Å². The standard InChI is InChI=1S/2C6H3BN6S6.4C2H3N.Fe/c2*14-4-11(8-1-17-4)7(12-5(15)18-2-9-12)13-6(16)19-3-10-13;4*1-2-3;/h2*1-3H;4*1H3;/q2*-1;;;;;+2. The van der Waals surface area contributed by atoms with E-state index < -0.39 is 14.2 Å². The van der Waals surface area contributed by atoms with E-state index in [0.29, 0.717) is 23.7 Å². The summed E-state index contributed by atoms with van der Waals surface area (Å²) in [5, 5.41) is 54.7. The van der Waals surface area contributed by atoms with E-state index in [0.717, 1.165) is 0 Å². The molecule has 0 bridgehead atoms. The fourth-order valence-corrected chi connectivity index (χ4v) is 7.42. The molecule has 0 aliphatic rings. The molecule has 264 valence electrons. The van der Waals surface area contributed by atoms with Crippen LogP contribution in [-0.2, 0) is 17.1 Å². The van der Waals surface area contributed by atoms with E-state index in [1.165, 1.54) is 95.7 Å². The molecular weight excluding hydrogens is 927 g/mol. The summed E-state index contributed by atoms with van der Waals surface area (Å²) >= 11 is 39.8. The van der Waals surface area contributed by atoms with E-state index in [2.05, 4.69) is 30.6 Å². The molecule has 0 saturated heterocycles. The van der Waals surface area contributed by atoms with Crippen molar-refractivity contribution in [2.45, 2.75) is 27.7 Å². The number of rotatable bonds is 6. The maximum absolute atomic E-state index is 7.32. The summed E-state index contributed by atoms with van der Waals surface area (Å²) in [6, 6.07) is 7.00. The molecule has 0 unspecified atom stereocenters. The summed E-state index contributed by atoms with van der Waals surface area (Å²) in [6.45, 7) is 5.72. The summed E-state index contributed by atoms with van der Waals surface area (Å²) in [4.78, 5) is 0. The molecule has 16 nitrogen and oxygen atoms in total. The second-order valence-corrected chi connectivity index (χ2v) is 16.2. The predicted octanol–water partition coefficient (Wildman–Crippen LogP) is 7.27. The van der Waals surface area contributed by atoms with Crippen LogP contribution in [0.1, 0.15) is 27.7 Å². The number of nitriles is 4. The SMILES string of the molecule is CC#N.CC#N.CC#N.CC#N.S=c1scnn1[B-](n1ncsc1=S)n1ncsc1=S.S=c1scnn1[B-](n1ncsc1=S)n1ncsc1=S.[Fe+2]. The topological polar surface area (TPSA) is 202 Å². The number of hydrogen-bond donors (Lipinski definition) is 0. The van der Waals surface area contributed by atoms with Crippen molar-refractivity contribution in [2.24, 2.45) is 0 Å². The first kappa shape index (κ1) is 48.3. The summed E-state index contributed by atoms with van der Waals surface area (Å²) in [6.07, 6.45) is 0. The molecule has 0 saturated carbocycles. The van der Waals surface area contributed by atoms with E-state index in [4.69, 9.17) is 94.4 Å². The van der Waals surface area contributed by atoms with E-state index in [1.807, 2.05) is 0 Å². The maximum Gasteiger partial charge on any atom is 2.00 e. The van der Waals surface area contributed by atoms with Crippen LogP contribution in [0.2, 0.25) is 0 Å². The van der Waals surface area contributed by atoms with Gasteiger partial charge in [-0.2, -0.15) is 21.0 Å². The zero-order chi connectivity index (χ0) is 37.6. The van der Waals surface area contributed by atoms with Crippen LogP contribution in [0.15, 0.2) is 33.1 Å². The smallest absolute Gasteiger partial charge is 0.401 e. The first-order chi connectivity index (χ1) is 24.0. The van der Waals surface area contributed by atoms with Gasteiger partial charge in [0, 0.05) is 27.7 Å². The minimum Gasteiger partial charge on any atom is -0.401 e. The van der Waals surface area contributed by atoms with Crippen molar-refractivity contribution in [3.05, 3.63) is 56.8 Å². The fourth-order valence-electron chi connectivity index (χ4n) is 2.87. The summed E-state index contributed by atoms with van der Waals surface area (Å²) in [7, 11) is -0.979. The molecule has 0 fully saturated rings. The third-order valence-electron chi connectivity index (χ3n) is 4.39. The van der Waals surface area contributed by atoms with Crippen molar-refractivity contribution in [2.75, 3.05) is 0 Å². The van der Waals surface area contributed by atoms with Gasteiger partial charge in [0.1, 0.15) is 23.7 Å². The Morgan fingerprint density at radius 3 is 0.608 bits per heavy atom. The van der Waals surface area contributed by atoms with Crippen molar-refractivity contribution in [1.82, 2.24) is 58.1 Å². The van der Waals surface area contributed by atoms with Gasteiger partial charge in [-0.25, -0.2) is 30.6 Å². The number of nitrogens with zero attached hydrogens (tertiary/aromatic N) is 16. The molecule has 0 atom stereocenters. The molecule has 6 aromatic heterocycles. The quantitative estimate of drug-likeness (QED) is 0.119. The zero-order valence-corrected chi connectivity index (χ0v) is 36.9. The average molecular weight is 945 g/mol. The van der Waals surface area contributed by atoms with Crippen molar-refractivity contribution >= 4 is 156 Å². The Morgan fingerprint density at radius 2 is 0.529 bits per heavy atom. The monoisotopic (exact) mass is 944 g/mol. The molecule has 6 aromatic rings. The van der Waals surface area contributed by atoms with Crippen molar-refractivity contribution in [3.8, 4) is 24.3 Å². The van der Waals surface area contributed by atoms with Crippen molar-refractivity contribution < 1.29 is 17.1 Å². The number of hydrogen-bond acceptors (Lipinski definition) is 22. The largest absolute Gasteiger partial charge is 2.00 e. The molecule has 0 aromatic carbocycles. The maximum atomic E-state index is 7.32. The fraction of sp³-hybridized carbons (Fsp3) is 0.200. The van der Waals surface area contributed by atoms with Gasteiger partial charge in [0.25, 0.3) is 14.2 Å². The molecule has 31 heteroatoms. The van der Waals surface area contributed by atoms with Crippen LogP contribution in [0, 0.1) is 69.1 Å². The molecule has 0 amide bonds. The van der Waals surface area contributed by atoms with Crippen LogP contribution in [-0.4, -0.2) is 72.4 Å². The first-order valence-corrected chi connectivity index (χ1v) is 20.1. The second-order valence-electron chi connectivity index (χ2n) is 7.28. The predicted molar refractivity (Wildman–Crippen MR) is 215 cm³/mol. The minimum absolute atomic E-state index is 0. The third kappa shape index (κ3) is 14.7. The molecule has 0 aliphatic carbocycles. The molecule has 0 spiro atoms. The Bertz CT molecular complexity index is 2000. The van der Waals surface area contributed by atoms with Crippen LogP contribution in [0.25, 0.3) is 0 Å². The van der Waals surface area contributed by atoms with Crippen LogP contribution in [0.3, 0.4) is 0 Å². The van der Waals surface area contributed by atoms with Gasteiger partial charge in [-0.05, 0) is 0 Å². The minimum atomic E-state index is -0.490. The van der Waals surface area contributed by atoms with E-state index in [9.17, 15) is 0 Å². The van der Waals surface area contributed by atoms with Gasteiger partial charge >= 0.3 is 17.1 Å². The Hall–Kier alpha value is -2.71. The van der Waals surface area contributed by atoms with Crippen LogP contribution < -0.4 is 0 Å². The summed E-state index contributed by atoms with van der Waals surface area (Å²) in [5.74, 6) is 0. The van der Waals surface area contributed by atoms with Gasteiger partial charge in [-0.15, -0.1) is 0 Å². The Kier molecular flexibility index (Phi) is 25.5. The van der Waals surface area contributed by atoms with Gasteiger partial charge in [0.05, 0.1) is 57.3 Å². The molecule has 0 N–H and O–H groups in total. The van der Waals surface area contributed by atoms with Crippen molar-refractivity contribution in [1.29, 1.82) is 21.0 Å². The van der Waals surface area contributed by atoms with Gasteiger partial charge in [-0.3, -0.25) is 0 Å². The van der Waals surface area contributed by atoms with E-state index in [-0.39, 0.29) is 17.1 Å². The zero-order valence-electron chi connectivity index (χ0n) is 26.0. The third-order valence-corrected chi connectivity index (χ3v) is 10.8. The average Bonchev–Trinajstić information content (AvgIpc) is 3.93. The molecule has 2 radical (unpaired) electrons. The normalized spacial score (nSPS) is 8.98. The second kappa shape index (κ2) is 27.0. The van der Waals surface area contributed by atoms with Gasteiger partial charge < -0.3 is 27.6 Å². The van der Waals surface area contributed by atoms with Crippen molar-refractivity contribution in [3.63, 3.8) is 0 Å². The molecule has 51 heavy (non-hydrogen) atoms. The van der Waals surface area contributed by atoms with Crippen LogP contribution in [0.5, 0.6) is 0 Å². The number of aromatic nitrogens is 12. The molecule has 6 rings (SSSR count). The van der Waals surface area contributed by atoms with E-state index >= 15 is 0 Å². The first-order valence-electron chi connectivity index (χ1n) is 12.4. The van der Waals surface area contributed by atoms with E-state index in [1.54, 1.807) is 84.9 Å².